The number of nitrogens with zero attached hydrogens (tertiary/aromatic N) is 2. The monoisotopic (exact) mass is 295 g/mol. The number of rotatable bonds is 5. The van der Waals surface area contributed by atoms with E-state index < -0.39 is 0 Å². The Morgan fingerprint density at radius 1 is 1.20 bits per heavy atom. The molecule has 0 radical (unpaired) electrons. The van der Waals surface area contributed by atoms with Gasteiger partial charge >= 0.3 is 0 Å². The van der Waals surface area contributed by atoms with Crippen molar-refractivity contribution in [3.63, 3.8) is 0 Å². The Morgan fingerprint density at radius 2 is 1.90 bits per heavy atom. The summed E-state index contributed by atoms with van der Waals surface area (Å²) in [7, 11) is 2.18. The van der Waals surface area contributed by atoms with E-state index in [0.717, 1.165) is 44.3 Å². The predicted molar refractivity (Wildman–Crippen MR) is 87.7 cm³/mol. The number of halogens is 1. The van der Waals surface area contributed by atoms with Gasteiger partial charge in [-0.3, -0.25) is 0 Å². The second-order valence-electron chi connectivity index (χ2n) is 6.09. The fraction of sp³-hybridized carbons (Fsp3) is 0.625. The van der Waals surface area contributed by atoms with Crippen molar-refractivity contribution in [3.8, 4) is 0 Å². The lowest BCUT2D eigenvalue weighted by atomic mass is 10.1. The highest BCUT2D eigenvalue weighted by molar-refractivity contribution is 6.30. The number of likely N-dealkylation sites (N-methyl/N-ethyl adjacent to an activating group) is 1. The quantitative estimate of drug-likeness (QED) is 0.901. The van der Waals surface area contributed by atoms with Gasteiger partial charge in [-0.1, -0.05) is 25.4 Å². The SMILES string of the molecule is CC(C)CNCc1cc(Cl)ccc1N1CCN(C)CC1. The Hall–Kier alpha value is -0.770. The highest BCUT2D eigenvalue weighted by Gasteiger charge is 2.17. The van der Waals surface area contributed by atoms with Gasteiger partial charge in [-0.25, -0.2) is 0 Å². The molecule has 0 amide bonds. The zero-order valence-electron chi connectivity index (χ0n) is 12.8. The second kappa shape index (κ2) is 7.30. The smallest absolute Gasteiger partial charge is 0.0413 e. The molecule has 1 heterocycles. The van der Waals surface area contributed by atoms with Crippen molar-refractivity contribution in [1.29, 1.82) is 0 Å². The van der Waals surface area contributed by atoms with Crippen LogP contribution in [0.15, 0.2) is 18.2 Å². The summed E-state index contributed by atoms with van der Waals surface area (Å²) in [6, 6.07) is 6.27. The van der Waals surface area contributed by atoms with Crippen molar-refractivity contribution in [2.24, 2.45) is 5.92 Å². The van der Waals surface area contributed by atoms with Crippen LogP contribution in [0.2, 0.25) is 5.02 Å². The van der Waals surface area contributed by atoms with Gasteiger partial charge < -0.3 is 15.1 Å². The van der Waals surface area contributed by atoms with Crippen molar-refractivity contribution in [2.75, 3.05) is 44.7 Å². The normalized spacial score (nSPS) is 16.9. The lowest BCUT2D eigenvalue weighted by Crippen LogP contribution is -2.45. The first-order valence-electron chi connectivity index (χ1n) is 7.49. The molecule has 2 rings (SSSR count). The molecule has 0 bridgehead atoms. The standard InChI is InChI=1S/C16H26ClN3/c1-13(2)11-18-12-14-10-15(17)4-5-16(14)20-8-6-19(3)7-9-20/h4-5,10,13,18H,6-9,11-12H2,1-3H3. The number of hydrogen-bond donors (Lipinski definition) is 1. The molecule has 1 aromatic carbocycles. The fourth-order valence-electron chi connectivity index (χ4n) is 2.55. The number of nitrogens with one attached hydrogen (secondary N) is 1. The Morgan fingerprint density at radius 3 is 2.55 bits per heavy atom. The molecule has 0 aliphatic carbocycles. The third kappa shape index (κ3) is 4.37. The summed E-state index contributed by atoms with van der Waals surface area (Å²) in [5, 5.41) is 4.34. The van der Waals surface area contributed by atoms with Crippen LogP contribution >= 0.6 is 11.6 Å². The minimum Gasteiger partial charge on any atom is -0.369 e. The van der Waals surface area contributed by atoms with Crippen LogP contribution < -0.4 is 10.2 Å². The molecule has 3 nitrogen and oxygen atoms in total. The maximum absolute atomic E-state index is 6.17. The summed E-state index contributed by atoms with van der Waals surface area (Å²) >= 11 is 6.17. The van der Waals surface area contributed by atoms with Crippen LogP contribution in [0.3, 0.4) is 0 Å². The zero-order valence-corrected chi connectivity index (χ0v) is 13.6. The van der Waals surface area contributed by atoms with E-state index in [0.29, 0.717) is 5.92 Å². The number of benzene rings is 1. The molecule has 20 heavy (non-hydrogen) atoms. The molecular weight excluding hydrogens is 270 g/mol. The van der Waals surface area contributed by atoms with E-state index in [1.165, 1.54) is 11.3 Å². The van der Waals surface area contributed by atoms with Gasteiger partial charge in [0.1, 0.15) is 0 Å². The van der Waals surface area contributed by atoms with Crippen LogP contribution in [0.1, 0.15) is 19.4 Å². The first-order valence-corrected chi connectivity index (χ1v) is 7.86. The van der Waals surface area contributed by atoms with E-state index in [9.17, 15) is 0 Å². The van der Waals surface area contributed by atoms with Gasteiger partial charge in [-0.05, 0) is 43.3 Å². The van der Waals surface area contributed by atoms with Gasteiger partial charge in [0.2, 0.25) is 0 Å². The third-order valence-corrected chi connectivity index (χ3v) is 3.99. The average molecular weight is 296 g/mol. The molecule has 112 valence electrons. The van der Waals surface area contributed by atoms with Gasteiger partial charge in [-0.15, -0.1) is 0 Å². The molecule has 1 aliphatic rings. The van der Waals surface area contributed by atoms with Gasteiger partial charge in [0, 0.05) is 43.4 Å². The summed E-state index contributed by atoms with van der Waals surface area (Å²) in [6.07, 6.45) is 0. The van der Waals surface area contributed by atoms with Crippen LogP contribution in [0.25, 0.3) is 0 Å². The Bertz CT molecular complexity index is 426. The van der Waals surface area contributed by atoms with E-state index in [2.05, 4.69) is 48.1 Å². The molecular formula is C16H26ClN3. The van der Waals surface area contributed by atoms with Gasteiger partial charge in [0.15, 0.2) is 0 Å². The summed E-state index contributed by atoms with van der Waals surface area (Å²) in [5.74, 6) is 0.668. The van der Waals surface area contributed by atoms with Crippen LogP contribution in [0, 0.1) is 5.92 Å². The molecule has 1 aliphatic heterocycles. The summed E-state index contributed by atoms with van der Waals surface area (Å²) in [6.45, 7) is 10.8. The van der Waals surface area contributed by atoms with E-state index in [4.69, 9.17) is 11.6 Å². The van der Waals surface area contributed by atoms with Crippen LogP contribution in [-0.2, 0) is 6.54 Å². The summed E-state index contributed by atoms with van der Waals surface area (Å²) in [5.41, 5.74) is 2.64. The fourth-order valence-corrected chi connectivity index (χ4v) is 2.74. The van der Waals surface area contributed by atoms with Crippen LogP contribution in [-0.4, -0.2) is 44.7 Å². The molecule has 1 saturated heterocycles. The topological polar surface area (TPSA) is 18.5 Å². The third-order valence-electron chi connectivity index (χ3n) is 3.75. The molecule has 1 fully saturated rings. The lowest BCUT2D eigenvalue weighted by Gasteiger charge is -2.35. The highest BCUT2D eigenvalue weighted by atomic mass is 35.5. The van der Waals surface area contributed by atoms with Crippen molar-refractivity contribution >= 4 is 17.3 Å². The Kier molecular flexibility index (Phi) is 5.70. The average Bonchev–Trinajstić information content (AvgIpc) is 2.40. The number of hydrogen-bond acceptors (Lipinski definition) is 3. The van der Waals surface area contributed by atoms with E-state index >= 15 is 0 Å². The molecule has 4 heteroatoms. The molecule has 0 saturated carbocycles. The van der Waals surface area contributed by atoms with Gasteiger partial charge in [-0.2, -0.15) is 0 Å². The Balaban J connectivity index is 2.07. The predicted octanol–water partition coefficient (Wildman–Crippen LogP) is 2.84. The van der Waals surface area contributed by atoms with Crippen molar-refractivity contribution < 1.29 is 0 Å². The molecule has 0 spiro atoms. The Labute approximate surface area is 127 Å². The number of anilines is 1. The van der Waals surface area contributed by atoms with E-state index in [-0.39, 0.29) is 0 Å². The van der Waals surface area contributed by atoms with Gasteiger partial charge in [0.05, 0.1) is 0 Å². The zero-order chi connectivity index (χ0) is 14.5. The minimum atomic E-state index is 0.668. The number of piperazine rings is 1. The molecule has 0 atom stereocenters. The van der Waals surface area contributed by atoms with Crippen LogP contribution in [0.4, 0.5) is 5.69 Å². The molecule has 1 N–H and O–H groups in total. The summed E-state index contributed by atoms with van der Waals surface area (Å²) in [4.78, 5) is 4.85. The van der Waals surface area contributed by atoms with Crippen molar-refractivity contribution in [3.05, 3.63) is 28.8 Å². The van der Waals surface area contributed by atoms with E-state index in [1.807, 2.05) is 6.07 Å². The molecule has 0 aromatic heterocycles. The van der Waals surface area contributed by atoms with Crippen LogP contribution in [0.5, 0.6) is 0 Å². The first kappa shape index (κ1) is 15.6. The lowest BCUT2D eigenvalue weighted by molar-refractivity contribution is 0.312. The second-order valence-corrected chi connectivity index (χ2v) is 6.52. The van der Waals surface area contributed by atoms with Crippen molar-refractivity contribution in [1.82, 2.24) is 10.2 Å². The molecule has 1 aromatic rings. The van der Waals surface area contributed by atoms with E-state index in [1.54, 1.807) is 0 Å². The first-order chi connectivity index (χ1) is 9.56. The largest absolute Gasteiger partial charge is 0.369 e. The highest BCUT2D eigenvalue weighted by Crippen LogP contribution is 2.25. The maximum Gasteiger partial charge on any atom is 0.0413 e. The van der Waals surface area contributed by atoms with Crippen molar-refractivity contribution in [2.45, 2.75) is 20.4 Å². The molecule has 0 unspecified atom stereocenters. The van der Waals surface area contributed by atoms with Gasteiger partial charge in [0.25, 0.3) is 0 Å². The maximum atomic E-state index is 6.17. The minimum absolute atomic E-state index is 0.668. The summed E-state index contributed by atoms with van der Waals surface area (Å²) < 4.78 is 0.